The molecule has 1 rings (SSSR count). The van der Waals surface area contributed by atoms with Gasteiger partial charge in [0, 0.05) is 34.8 Å². The quantitative estimate of drug-likeness (QED) is 0.640. The Morgan fingerprint density at radius 3 is 1.73 bits per heavy atom. The van der Waals surface area contributed by atoms with Gasteiger partial charge < -0.3 is 0 Å². The molecule has 15 heavy (non-hydrogen) atoms. The average molecular weight is 230 g/mol. The van der Waals surface area contributed by atoms with Crippen LogP contribution < -0.4 is 0 Å². The third-order valence-corrected chi connectivity index (χ3v) is 3.77. The van der Waals surface area contributed by atoms with Crippen LogP contribution in [-0.2, 0) is 9.59 Å². The molecule has 1 fully saturated rings. The van der Waals surface area contributed by atoms with E-state index >= 15 is 0 Å². The number of nitrogens with zero attached hydrogens (tertiary/aromatic N) is 2. The van der Waals surface area contributed by atoms with E-state index in [0.29, 0.717) is 34.8 Å². The van der Waals surface area contributed by atoms with Crippen LogP contribution in [0.5, 0.6) is 0 Å². The maximum atomic E-state index is 11.2. The minimum Gasteiger partial charge on any atom is -0.298 e. The molecule has 0 radical (unpaired) electrons. The fourth-order valence-electron chi connectivity index (χ4n) is 1.42. The van der Waals surface area contributed by atoms with Gasteiger partial charge in [0.2, 0.25) is 0 Å². The molecule has 5 heteroatoms. The fourth-order valence-corrected chi connectivity index (χ4v) is 2.71. The van der Waals surface area contributed by atoms with Crippen molar-refractivity contribution in [3.63, 3.8) is 0 Å². The average Bonchev–Trinajstić information content (AvgIpc) is 2.65. The Labute approximate surface area is 92.9 Å². The first-order chi connectivity index (χ1) is 7.15. The minimum atomic E-state index is 0.283. The number of carbonyl (C=O) groups excluding carboxylic acids is 2. The van der Waals surface area contributed by atoms with Crippen molar-refractivity contribution in [3.05, 3.63) is 0 Å². The number of rotatable bonds is 6. The van der Waals surface area contributed by atoms with Crippen LogP contribution in [-0.4, -0.2) is 47.1 Å². The van der Waals surface area contributed by atoms with Crippen molar-refractivity contribution in [2.75, 3.05) is 26.2 Å². The van der Waals surface area contributed by atoms with E-state index in [0.717, 1.165) is 13.1 Å². The van der Waals surface area contributed by atoms with Gasteiger partial charge >= 0.3 is 0 Å². The molecule has 1 aliphatic rings. The van der Waals surface area contributed by atoms with E-state index in [1.165, 1.54) is 0 Å². The highest BCUT2D eigenvalue weighted by molar-refractivity contribution is 7.32. The van der Waals surface area contributed by atoms with Gasteiger partial charge in [-0.05, 0) is 0 Å². The van der Waals surface area contributed by atoms with Crippen molar-refractivity contribution >= 4 is 20.4 Å². The molecule has 1 heterocycles. The summed E-state index contributed by atoms with van der Waals surface area (Å²) in [5, 5.41) is 0. The van der Waals surface area contributed by atoms with Crippen LogP contribution in [0.1, 0.15) is 26.7 Å². The first-order valence-corrected chi connectivity index (χ1v) is 6.34. The number of hydrogen-bond donors (Lipinski definition) is 0. The highest BCUT2D eigenvalue weighted by Crippen LogP contribution is 2.29. The van der Waals surface area contributed by atoms with E-state index in [1.54, 1.807) is 0 Å². The summed E-state index contributed by atoms with van der Waals surface area (Å²) in [5.41, 5.74) is 0. The lowest BCUT2D eigenvalue weighted by Gasteiger charge is -2.15. The predicted octanol–water partition coefficient (Wildman–Crippen LogP) is 1.07. The monoisotopic (exact) mass is 230 g/mol. The molecule has 0 N–H and O–H groups in total. The van der Waals surface area contributed by atoms with Crippen molar-refractivity contribution in [3.8, 4) is 0 Å². The zero-order valence-corrected chi connectivity index (χ0v) is 10.5. The van der Waals surface area contributed by atoms with E-state index < -0.39 is 0 Å². The first kappa shape index (κ1) is 12.8. The lowest BCUT2D eigenvalue weighted by Crippen LogP contribution is -2.20. The fraction of sp³-hybridized carbons (Fsp3) is 0.800. The third-order valence-electron chi connectivity index (χ3n) is 2.45. The van der Waals surface area contributed by atoms with E-state index in [9.17, 15) is 9.59 Å². The Hall–Kier alpha value is -0.310. The molecule has 0 atom stereocenters. The standard InChI is InChI=1S/C10H19N2O2P/c1-3-9(13)7-11-5-6-12(15-11)8-10(14)4-2/h15H,3-8H2,1-2H3. The molecule has 0 aromatic heterocycles. The van der Waals surface area contributed by atoms with Crippen LogP contribution in [0.2, 0.25) is 0 Å². The van der Waals surface area contributed by atoms with E-state index in [4.69, 9.17) is 0 Å². The SMILES string of the molecule is CCC(=O)CN1CCN(CC(=O)CC)P1. The van der Waals surface area contributed by atoms with Gasteiger partial charge in [-0.15, -0.1) is 0 Å². The molecular weight excluding hydrogens is 211 g/mol. The molecule has 86 valence electrons. The van der Waals surface area contributed by atoms with Gasteiger partial charge in [0.1, 0.15) is 11.6 Å². The van der Waals surface area contributed by atoms with E-state index in [1.807, 2.05) is 13.8 Å². The largest absolute Gasteiger partial charge is 0.298 e. The minimum absolute atomic E-state index is 0.283. The van der Waals surface area contributed by atoms with Gasteiger partial charge in [0.25, 0.3) is 0 Å². The Kier molecular flexibility index (Phi) is 5.37. The van der Waals surface area contributed by atoms with Gasteiger partial charge in [-0.3, -0.25) is 18.9 Å². The number of carbonyl (C=O) groups is 2. The summed E-state index contributed by atoms with van der Waals surface area (Å²) in [6.07, 6.45) is 1.21. The van der Waals surface area contributed by atoms with Crippen molar-refractivity contribution in [1.29, 1.82) is 0 Å². The van der Waals surface area contributed by atoms with Crippen molar-refractivity contribution < 1.29 is 9.59 Å². The van der Waals surface area contributed by atoms with Gasteiger partial charge in [0.15, 0.2) is 0 Å². The molecule has 0 bridgehead atoms. The lowest BCUT2D eigenvalue weighted by atomic mass is 10.3. The molecule has 0 aromatic rings. The van der Waals surface area contributed by atoms with Crippen molar-refractivity contribution in [2.45, 2.75) is 26.7 Å². The molecule has 0 amide bonds. The van der Waals surface area contributed by atoms with Crippen molar-refractivity contribution in [1.82, 2.24) is 9.34 Å². The summed E-state index contributed by atoms with van der Waals surface area (Å²) in [4.78, 5) is 22.5. The molecule has 1 saturated heterocycles. The normalized spacial score (nSPS) is 18.3. The van der Waals surface area contributed by atoms with Gasteiger partial charge in [0.05, 0.1) is 13.1 Å². The van der Waals surface area contributed by atoms with Crippen LogP contribution in [0.3, 0.4) is 0 Å². The highest BCUT2D eigenvalue weighted by Gasteiger charge is 2.22. The maximum Gasteiger partial charge on any atom is 0.146 e. The molecular formula is C10H19N2O2P. The van der Waals surface area contributed by atoms with Gasteiger partial charge in [-0.1, -0.05) is 13.8 Å². The van der Waals surface area contributed by atoms with E-state index in [2.05, 4.69) is 9.34 Å². The predicted molar refractivity (Wildman–Crippen MR) is 62.1 cm³/mol. The highest BCUT2D eigenvalue weighted by atomic mass is 31.1. The van der Waals surface area contributed by atoms with E-state index in [-0.39, 0.29) is 11.6 Å². The Morgan fingerprint density at radius 2 is 1.40 bits per heavy atom. The molecule has 0 aliphatic carbocycles. The second kappa shape index (κ2) is 6.31. The summed E-state index contributed by atoms with van der Waals surface area (Å²) in [6.45, 7) is 6.71. The number of hydrogen-bond acceptors (Lipinski definition) is 4. The summed E-state index contributed by atoms with van der Waals surface area (Å²) in [6, 6.07) is 0. The second-order valence-electron chi connectivity index (χ2n) is 3.73. The third kappa shape index (κ3) is 4.37. The summed E-state index contributed by atoms with van der Waals surface area (Å²) in [7, 11) is 0.507. The molecule has 4 nitrogen and oxygen atoms in total. The van der Waals surface area contributed by atoms with Crippen LogP contribution in [0.25, 0.3) is 0 Å². The Bertz CT molecular complexity index is 222. The maximum absolute atomic E-state index is 11.2. The zero-order chi connectivity index (χ0) is 11.3. The molecule has 0 unspecified atom stereocenters. The molecule has 0 saturated carbocycles. The Morgan fingerprint density at radius 1 is 1.00 bits per heavy atom. The lowest BCUT2D eigenvalue weighted by molar-refractivity contribution is -0.119. The number of ketones is 2. The van der Waals surface area contributed by atoms with Crippen LogP contribution >= 0.6 is 8.88 Å². The van der Waals surface area contributed by atoms with Crippen LogP contribution in [0.4, 0.5) is 0 Å². The molecule has 0 spiro atoms. The molecule has 1 aliphatic heterocycles. The van der Waals surface area contributed by atoms with Gasteiger partial charge in [-0.25, -0.2) is 0 Å². The summed E-state index contributed by atoms with van der Waals surface area (Å²) in [5.74, 6) is 0.567. The Balaban J connectivity index is 2.26. The first-order valence-electron chi connectivity index (χ1n) is 5.45. The zero-order valence-electron chi connectivity index (χ0n) is 9.45. The second-order valence-corrected chi connectivity index (χ2v) is 5.19. The van der Waals surface area contributed by atoms with Crippen molar-refractivity contribution in [2.24, 2.45) is 0 Å². The van der Waals surface area contributed by atoms with Crippen LogP contribution in [0, 0.1) is 0 Å². The summed E-state index contributed by atoms with van der Waals surface area (Å²) >= 11 is 0. The number of Topliss-reactive ketones (excluding diaryl/α,β-unsaturated/α-hetero) is 2. The summed E-state index contributed by atoms with van der Waals surface area (Å²) < 4.78 is 4.27. The topological polar surface area (TPSA) is 40.6 Å². The van der Waals surface area contributed by atoms with Gasteiger partial charge in [-0.2, -0.15) is 0 Å². The molecule has 0 aromatic carbocycles. The van der Waals surface area contributed by atoms with Crippen LogP contribution in [0.15, 0.2) is 0 Å². The smallest absolute Gasteiger partial charge is 0.146 e.